The van der Waals surface area contributed by atoms with Gasteiger partial charge in [-0.3, -0.25) is 0 Å². The lowest BCUT2D eigenvalue weighted by Crippen LogP contribution is -2.28. The van der Waals surface area contributed by atoms with Gasteiger partial charge in [-0.15, -0.1) is 0 Å². The minimum absolute atomic E-state index is 0.0346. The average Bonchev–Trinajstić information content (AvgIpc) is 2.35. The summed E-state index contributed by atoms with van der Waals surface area (Å²) in [6.07, 6.45) is -0.603. The first-order valence-electron chi connectivity index (χ1n) is 6.04. The first-order valence-corrected chi connectivity index (χ1v) is 6.04. The van der Waals surface area contributed by atoms with E-state index >= 15 is 0 Å². The fraction of sp³-hybridized carbons (Fsp3) is 0.538. The van der Waals surface area contributed by atoms with E-state index in [1.807, 2.05) is 30.1 Å². The number of nitrogens with zero attached hydrogens (tertiary/aromatic N) is 1. The summed E-state index contributed by atoms with van der Waals surface area (Å²) < 4.78 is 5.17. The summed E-state index contributed by atoms with van der Waals surface area (Å²) >= 11 is 0. The number of aliphatic hydroxyl groups excluding tert-OH is 2. The molecule has 102 valence electrons. The van der Waals surface area contributed by atoms with Gasteiger partial charge in [-0.25, -0.2) is 0 Å². The lowest BCUT2D eigenvalue weighted by Gasteiger charge is -2.21. The van der Waals surface area contributed by atoms with Crippen LogP contribution in [0.4, 0.5) is 5.69 Å². The molecule has 1 rings (SSSR count). The van der Waals surface area contributed by atoms with Crippen molar-refractivity contribution in [2.24, 2.45) is 0 Å². The van der Waals surface area contributed by atoms with Gasteiger partial charge < -0.3 is 25.6 Å². The van der Waals surface area contributed by atoms with Crippen molar-refractivity contribution in [3.05, 3.63) is 29.8 Å². The minimum Gasteiger partial charge on any atom is -0.398 e. The minimum atomic E-state index is -0.603. The standard InChI is InChI=1S/C13H22N2O3/c1-15(6-8-18-9-7-16)10-13(17)11-4-2-3-5-12(11)14/h2-5,13,16-17H,6-10,14H2,1H3. The van der Waals surface area contributed by atoms with Crippen molar-refractivity contribution in [2.45, 2.75) is 6.10 Å². The third kappa shape index (κ3) is 5.01. The third-order valence-electron chi connectivity index (χ3n) is 2.69. The van der Waals surface area contributed by atoms with Gasteiger partial charge in [0.15, 0.2) is 0 Å². The highest BCUT2D eigenvalue weighted by Gasteiger charge is 2.12. The molecule has 1 aromatic rings. The summed E-state index contributed by atoms with van der Waals surface area (Å²) in [7, 11) is 1.91. The van der Waals surface area contributed by atoms with Gasteiger partial charge in [0.05, 0.1) is 25.9 Å². The molecule has 18 heavy (non-hydrogen) atoms. The zero-order valence-corrected chi connectivity index (χ0v) is 10.7. The number of anilines is 1. The second-order valence-electron chi connectivity index (χ2n) is 4.24. The Morgan fingerprint density at radius 1 is 1.33 bits per heavy atom. The van der Waals surface area contributed by atoms with Crippen LogP contribution in [0.5, 0.6) is 0 Å². The van der Waals surface area contributed by atoms with Crippen molar-refractivity contribution in [3.63, 3.8) is 0 Å². The summed E-state index contributed by atoms with van der Waals surface area (Å²) in [5.41, 5.74) is 7.16. The Hall–Kier alpha value is -1.14. The second-order valence-corrected chi connectivity index (χ2v) is 4.24. The maximum absolute atomic E-state index is 10.1. The third-order valence-corrected chi connectivity index (χ3v) is 2.69. The molecule has 0 spiro atoms. The molecule has 0 radical (unpaired) electrons. The van der Waals surface area contributed by atoms with Crippen LogP contribution in [0.3, 0.4) is 0 Å². The van der Waals surface area contributed by atoms with E-state index in [1.165, 1.54) is 0 Å². The van der Waals surface area contributed by atoms with E-state index < -0.39 is 6.10 Å². The molecule has 0 amide bonds. The zero-order chi connectivity index (χ0) is 13.4. The highest BCUT2D eigenvalue weighted by atomic mass is 16.5. The molecule has 1 aromatic carbocycles. The van der Waals surface area contributed by atoms with Gasteiger partial charge in [-0.2, -0.15) is 0 Å². The molecule has 0 fully saturated rings. The first kappa shape index (κ1) is 14.9. The number of nitrogens with two attached hydrogens (primary N) is 1. The smallest absolute Gasteiger partial charge is 0.0936 e. The monoisotopic (exact) mass is 254 g/mol. The lowest BCUT2D eigenvalue weighted by molar-refractivity contribution is 0.0646. The molecule has 0 saturated carbocycles. The quantitative estimate of drug-likeness (QED) is 0.457. The number of para-hydroxylation sites is 1. The van der Waals surface area contributed by atoms with Gasteiger partial charge in [0.2, 0.25) is 0 Å². The molecule has 0 bridgehead atoms. The molecule has 0 heterocycles. The summed E-state index contributed by atoms with van der Waals surface area (Å²) in [6, 6.07) is 7.32. The average molecular weight is 254 g/mol. The predicted octanol–water partition coefficient (Wildman–Crippen LogP) is 0.243. The van der Waals surface area contributed by atoms with Gasteiger partial charge in [0.1, 0.15) is 0 Å². The number of hydrogen-bond acceptors (Lipinski definition) is 5. The van der Waals surface area contributed by atoms with E-state index in [9.17, 15) is 5.11 Å². The molecule has 0 saturated heterocycles. The van der Waals surface area contributed by atoms with Crippen LogP contribution in [-0.4, -0.2) is 55.1 Å². The Kier molecular flexibility index (Phi) is 6.67. The van der Waals surface area contributed by atoms with Crippen molar-refractivity contribution in [1.29, 1.82) is 0 Å². The van der Waals surface area contributed by atoms with Crippen molar-refractivity contribution < 1.29 is 14.9 Å². The van der Waals surface area contributed by atoms with Gasteiger partial charge in [-0.05, 0) is 13.1 Å². The van der Waals surface area contributed by atoms with Gasteiger partial charge in [0, 0.05) is 24.3 Å². The highest BCUT2D eigenvalue weighted by Crippen LogP contribution is 2.20. The molecule has 4 N–H and O–H groups in total. The van der Waals surface area contributed by atoms with E-state index in [0.29, 0.717) is 32.0 Å². The van der Waals surface area contributed by atoms with Gasteiger partial charge in [-0.1, -0.05) is 18.2 Å². The van der Waals surface area contributed by atoms with Crippen molar-refractivity contribution in [3.8, 4) is 0 Å². The molecule has 5 nitrogen and oxygen atoms in total. The van der Waals surface area contributed by atoms with Crippen LogP contribution < -0.4 is 5.73 Å². The summed E-state index contributed by atoms with van der Waals surface area (Å²) in [5, 5.41) is 18.6. The topological polar surface area (TPSA) is 79.0 Å². The van der Waals surface area contributed by atoms with Crippen molar-refractivity contribution in [2.75, 3.05) is 45.7 Å². The Balaban J connectivity index is 2.35. The molecule has 1 atom stereocenters. The number of ether oxygens (including phenoxy) is 1. The Labute approximate surface area is 108 Å². The molecule has 0 aliphatic carbocycles. The molecule has 5 heteroatoms. The lowest BCUT2D eigenvalue weighted by atomic mass is 10.1. The molecular formula is C13H22N2O3. The number of rotatable bonds is 8. The van der Waals surface area contributed by atoms with Crippen LogP contribution in [0.1, 0.15) is 11.7 Å². The van der Waals surface area contributed by atoms with Gasteiger partial charge >= 0.3 is 0 Å². The van der Waals surface area contributed by atoms with Crippen LogP contribution in [-0.2, 0) is 4.74 Å². The molecular weight excluding hydrogens is 232 g/mol. The van der Waals surface area contributed by atoms with Crippen LogP contribution >= 0.6 is 0 Å². The molecule has 0 aliphatic heterocycles. The van der Waals surface area contributed by atoms with Crippen LogP contribution in [0.2, 0.25) is 0 Å². The predicted molar refractivity (Wildman–Crippen MR) is 71.2 cm³/mol. The Morgan fingerprint density at radius 3 is 2.72 bits per heavy atom. The highest BCUT2D eigenvalue weighted by molar-refractivity contribution is 5.47. The summed E-state index contributed by atoms with van der Waals surface area (Å²) in [4.78, 5) is 1.97. The van der Waals surface area contributed by atoms with Crippen molar-refractivity contribution >= 4 is 5.69 Å². The molecule has 0 aliphatic rings. The Bertz CT molecular complexity index is 347. The fourth-order valence-electron chi connectivity index (χ4n) is 1.69. The number of likely N-dealkylation sites (N-methyl/N-ethyl adjacent to an activating group) is 1. The van der Waals surface area contributed by atoms with Gasteiger partial charge in [0.25, 0.3) is 0 Å². The molecule has 0 aromatic heterocycles. The maximum atomic E-state index is 10.1. The zero-order valence-electron chi connectivity index (χ0n) is 10.7. The maximum Gasteiger partial charge on any atom is 0.0936 e. The number of hydrogen-bond donors (Lipinski definition) is 3. The van der Waals surface area contributed by atoms with E-state index in [-0.39, 0.29) is 6.61 Å². The number of aliphatic hydroxyl groups is 2. The SMILES string of the molecule is CN(CCOCCO)CC(O)c1ccccc1N. The number of nitrogen functional groups attached to an aromatic ring is 1. The molecule has 1 unspecified atom stereocenters. The largest absolute Gasteiger partial charge is 0.398 e. The van der Waals surface area contributed by atoms with Crippen LogP contribution in [0, 0.1) is 0 Å². The van der Waals surface area contributed by atoms with E-state index in [4.69, 9.17) is 15.6 Å². The van der Waals surface area contributed by atoms with Crippen molar-refractivity contribution in [1.82, 2.24) is 4.90 Å². The first-order chi connectivity index (χ1) is 8.65. The van der Waals surface area contributed by atoms with Crippen LogP contribution in [0.15, 0.2) is 24.3 Å². The summed E-state index contributed by atoms with van der Waals surface area (Å²) in [6.45, 7) is 2.11. The van der Waals surface area contributed by atoms with E-state index in [0.717, 1.165) is 5.56 Å². The number of benzene rings is 1. The van der Waals surface area contributed by atoms with E-state index in [1.54, 1.807) is 6.07 Å². The van der Waals surface area contributed by atoms with E-state index in [2.05, 4.69) is 0 Å². The normalized spacial score (nSPS) is 12.9. The Morgan fingerprint density at radius 2 is 2.06 bits per heavy atom. The van der Waals surface area contributed by atoms with Crippen LogP contribution in [0.25, 0.3) is 0 Å². The fourth-order valence-corrected chi connectivity index (χ4v) is 1.69. The summed E-state index contributed by atoms with van der Waals surface area (Å²) in [5.74, 6) is 0. The second kappa shape index (κ2) is 8.05.